The van der Waals surface area contributed by atoms with Gasteiger partial charge < -0.3 is 4.52 Å². The topological polar surface area (TPSA) is 43.1 Å². The summed E-state index contributed by atoms with van der Waals surface area (Å²) in [7, 11) is 0. The first kappa shape index (κ1) is 11.2. The van der Waals surface area contributed by atoms with Crippen LogP contribution in [0.4, 0.5) is 0 Å². The molecular formula is C11H7Cl2NO2. The lowest BCUT2D eigenvalue weighted by atomic mass is 10.1. The third-order valence-corrected chi connectivity index (χ3v) is 2.81. The van der Waals surface area contributed by atoms with Gasteiger partial charge in [-0.3, -0.25) is 4.79 Å². The maximum Gasteiger partial charge on any atom is 0.202 e. The first-order valence-corrected chi connectivity index (χ1v) is 5.26. The van der Waals surface area contributed by atoms with Gasteiger partial charge in [-0.2, -0.15) is 0 Å². The molecule has 0 amide bonds. The number of Topliss-reactive ketones (excluding diaryl/α,β-unsaturated/α-hetero) is 1. The molecule has 1 aromatic carbocycles. The molecule has 0 aliphatic carbocycles. The fourth-order valence-corrected chi connectivity index (χ4v) is 1.53. The van der Waals surface area contributed by atoms with Crippen LogP contribution >= 0.6 is 23.2 Å². The molecule has 0 N–H and O–H groups in total. The summed E-state index contributed by atoms with van der Waals surface area (Å²) in [6.45, 7) is 1.42. The van der Waals surface area contributed by atoms with Gasteiger partial charge in [-0.25, -0.2) is 0 Å². The van der Waals surface area contributed by atoms with E-state index < -0.39 is 0 Å². The minimum absolute atomic E-state index is 0.168. The Morgan fingerprint density at radius 2 is 2.00 bits per heavy atom. The highest BCUT2D eigenvalue weighted by Gasteiger charge is 2.10. The molecule has 0 bridgehead atoms. The van der Waals surface area contributed by atoms with E-state index in [1.807, 2.05) is 0 Å². The van der Waals surface area contributed by atoms with E-state index in [9.17, 15) is 4.79 Å². The first-order valence-electron chi connectivity index (χ1n) is 4.51. The van der Waals surface area contributed by atoms with Crippen molar-refractivity contribution in [2.24, 2.45) is 0 Å². The van der Waals surface area contributed by atoms with Crippen LogP contribution in [0.3, 0.4) is 0 Å². The number of aromatic nitrogens is 1. The van der Waals surface area contributed by atoms with Gasteiger partial charge in [0.1, 0.15) is 5.69 Å². The molecule has 82 valence electrons. The van der Waals surface area contributed by atoms with Gasteiger partial charge in [-0.1, -0.05) is 34.4 Å². The first-order chi connectivity index (χ1) is 7.58. The predicted molar refractivity (Wildman–Crippen MR) is 62.0 cm³/mol. The van der Waals surface area contributed by atoms with Crippen molar-refractivity contribution in [2.45, 2.75) is 6.92 Å². The zero-order chi connectivity index (χ0) is 11.7. The third-order valence-electron chi connectivity index (χ3n) is 2.07. The predicted octanol–water partition coefficient (Wildman–Crippen LogP) is 3.85. The number of hydrogen-bond donors (Lipinski definition) is 0. The van der Waals surface area contributed by atoms with Crippen molar-refractivity contribution in [3.63, 3.8) is 0 Å². The number of carbonyl (C=O) groups is 1. The maximum atomic E-state index is 11.0. The molecule has 0 atom stereocenters. The van der Waals surface area contributed by atoms with Gasteiger partial charge >= 0.3 is 0 Å². The summed E-state index contributed by atoms with van der Waals surface area (Å²) in [6.07, 6.45) is 0. The lowest BCUT2D eigenvalue weighted by molar-refractivity contribution is 0.0978. The van der Waals surface area contributed by atoms with Crippen molar-refractivity contribution in [2.75, 3.05) is 0 Å². The highest BCUT2D eigenvalue weighted by atomic mass is 35.5. The van der Waals surface area contributed by atoms with Gasteiger partial charge in [-0.15, -0.1) is 0 Å². The molecule has 3 nitrogen and oxygen atoms in total. The number of ketones is 1. The standard InChI is InChI=1S/C11H7Cl2NO2/c1-6(15)11-5-10(14-16-11)7-2-3-8(12)9(13)4-7/h2-5H,1H3. The van der Waals surface area contributed by atoms with E-state index in [4.69, 9.17) is 27.7 Å². The smallest absolute Gasteiger partial charge is 0.202 e. The van der Waals surface area contributed by atoms with Crippen LogP contribution in [0.1, 0.15) is 17.5 Å². The van der Waals surface area contributed by atoms with Crippen LogP contribution in [-0.2, 0) is 0 Å². The van der Waals surface area contributed by atoms with E-state index in [1.54, 1.807) is 24.3 Å². The zero-order valence-corrected chi connectivity index (χ0v) is 9.84. The number of nitrogens with zero attached hydrogens (tertiary/aromatic N) is 1. The fourth-order valence-electron chi connectivity index (χ4n) is 1.23. The molecule has 2 rings (SSSR count). The average Bonchev–Trinajstić information content (AvgIpc) is 2.71. The van der Waals surface area contributed by atoms with Gasteiger partial charge in [0.05, 0.1) is 10.0 Å². The summed E-state index contributed by atoms with van der Waals surface area (Å²) in [5, 5.41) is 4.69. The molecule has 1 heterocycles. The van der Waals surface area contributed by atoms with Crippen molar-refractivity contribution in [1.82, 2.24) is 5.16 Å². The van der Waals surface area contributed by atoms with E-state index in [1.165, 1.54) is 6.92 Å². The molecular weight excluding hydrogens is 249 g/mol. The van der Waals surface area contributed by atoms with E-state index in [2.05, 4.69) is 5.16 Å². The Morgan fingerprint density at radius 3 is 2.56 bits per heavy atom. The summed E-state index contributed by atoms with van der Waals surface area (Å²) in [5.74, 6) is 0.0554. The van der Waals surface area contributed by atoms with Gasteiger partial charge in [0.25, 0.3) is 0 Å². The number of benzene rings is 1. The lowest BCUT2D eigenvalue weighted by Crippen LogP contribution is -1.86. The van der Waals surface area contributed by atoms with Crippen LogP contribution in [0.15, 0.2) is 28.8 Å². The molecule has 16 heavy (non-hydrogen) atoms. The molecule has 0 saturated carbocycles. The van der Waals surface area contributed by atoms with Crippen molar-refractivity contribution in [3.05, 3.63) is 40.1 Å². The van der Waals surface area contributed by atoms with Gasteiger partial charge in [0.2, 0.25) is 5.76 Å². The Kier molecular flexibility index (Phi) is 2.99. The van der Waals surface area contributed by atoms with Crippen molar-refractivity contribution >= 4 is 29.0 Å². The molecule has 5 heteroatoms. The van der Waals surface area contributed by atoms with E-state index in [0.29, 0.717) is 15.7 Å². The summed E-state index contributed by atoms with van der Waals surface area (Å²) >= 11 is 11.7. The number of rotatable bonds is 2. The van der Waals surface area contributed by atoms with E-state index >= 15 is 0 Å². The molecule has 0 aliphatic rings. The molecule has 0 unspecified atom stereocenters. The minimum Gasteiger partial charge on any atom is -0.353 e. The molecule has 0 aliphatic heterocycles. The second-order valence-electron chi connectivity index (χ2n) is 3.26. The quantitative estimate of drug-likeness (QED) is 0.766. The summed E-state index contributed by atoms with van der Waals surface area (Å²) in [6, 6.07) is 6.67. The second-order valence-corrected chi connectivity index (χ2v) is 4.08. The highest BCUT2D eigenvalue weighted by molar-refractivity contribution is 6.42. The highest BCUT2D eigenvalue weighted by Crippen LogP contribution is 2.28. The van der Waals surface area contributed by atoms with Crippen LogP contribution in [0.5, 0.6) is 0 Å². The number of carbonyl (C=O) groups excluding carboxylic acids is 1. The molecule has 0 saturated heterocycles. The average molecular weight is 256 g/mol. The largest absolute Gasteiger partial charge is 0.353 e. The molecule has 0 fully saturated rings. The Hall–Kier alpha value is -1.32. The molecule has 0 spiro atoms. The van der Waals surface area contributed by atoms with Crippen LogP contribution in [0.2, 0.25) is 10.0 Å². The summed E-state index contributed by atoms with van der Waals surface area (Å²) in [5.41, 5.74) is 1.31. The Labute approximate surface area is 102 Å². The SMILES string of the molecule is CC(=O)c1cc(-c2ccc(Cl)c(Cl)c2)no1. The second kappa shape index (κ2) is 4.28. The van der Waals surface area contributed by atoms with Crippen LogP contribution in [0.25, 0.3) is 11.3 Å². The van der Waals surface area contributed by atoms with Crippen LogP contribution in [0, 0.1) is 0 Å². The lowest BCUT2D eigenvalue weighted by Gasteiger charge is -1.98. The molecule has 2 aromatic rings. The van der Waals surface area contributed by atoms with Crippen LogP contribution < -0.4 is 0 Å². The Balaban J connectivity index is 2.42. The normalized spacial score (nSPS) is 10.4. The Morgan fingerprint density at radius 1 is 1.25 bits per heavy atom. The van der Waals surface area contributed by atoms with Crippen molar-refractivity contribution in [1.29, 1.82) is 0 Å². The van der Waals surface area contributed by atoms with Crippen molar-refractivity contribution < 1.29 is 9.32 Å². The molecule has 1 aromatic heterocycles. The third kappa shape index (κ3) is 2.10. The van der Waals surface area contributed by atoms with Crippen LogP contribution in [-0.4, -0.2) is 10.9 Å². The Bertz CT molecular complexity index is 549. The van der Waals surface area contributed by atoms with E-state index in [-0.39, 0.29) is 11.5 Å². The van der Waals surface area contributed by atoms with Crippen molar-refractivity contribution in [3.8, 4) is 11.3 Å². The number of halogens is 2. The fraction of sp³-hybridized carbons (Fsp3) is 0.0909. The molecule has 0 radical (unpaired) electrons. The maximum absolute atomic E-state index is 11.0. The minimum atomic E-state index is -0.168. The van der Waals surface area contributed by atoms with Gasteiger partial charge in [0, 0.05) is 18.6 Å². The monoisotopic (exact) mass is 255 g/mol. The van der Waals surface area contributed by atoms with Gasteiger partial charge in [0.15, 0.2) is 5.78 Å². The summed E-state index contributed by atoms with van der Waals surface area (Å²) in [4.78, 5) is 11.0. The zero-order valence-electron chi connectivity index (χ0n) is 8.33. The van der Waals surface area contributed by atoms with E-state index in [0.717, 1.165) is 5.56 Å². The summed E-state index contributed by atoms with van der Waals surface area (Å²) < 4.78 is 4.87. The number of hydrogen-bond acceptors (Lipinski definition) is 3. The van der Waals surface area contributed by atoms with Gasteiger partial charge in [-0.05, 0) is 12.1 Å².